The van der Waals surface area contributed by atoms with Crippen LogP contribution in [-0.2, 0) is 57.0 Å². The summed E-state index contributed by atoms with van der Waals surface area (Å²) in [5.74, 6) is -0.544. The van der Waals surface area contributed by atoms with Crippen LogP contribution in [0.3, 0.4) is 0 Å². The molecule has 12 nitrogen and oxygen atoms in total. The molecule has 0 amide bonds. The molecule has 12 heteroatoms. The average Bonchev–Trinajstić information content (AvgIpc) is 2.98. The number of hydrogen-bond acceptors (Lipinski definition) is 12. The van der Waals surface area contributed by atoms with Crippen molar-refractivity contribution in [1.82, 2.24) is 0 Å². The van der Waals surface area contributed by atoms with Gasteiger partial charge in [-0.1, -0.05) is 33.3 Å². The molecule has 0 saturated heterocycles. The second-order valence-electron chi connectivity index (χ2n) is 9.23. The molecule has 0 N–H and O–H groups in total. The lowest BCUT2D eigenvalue weighted by atomic mass is 10.00. The van der Waals surface area contributed by atoms with E-state index in [9.17, 15) is 9.59 Å². The van der Waals surface area contributed by atoms with Crippen molar-refractivity contribution >= 4 is 11.9 Å². The fraction of sp³-hybridized carbons (Fsp3) is 0.867. The van der Waals surface area contributed by atoms with Crippen molar-refractivity contribution in [2.45, 2.75) is 46.5 Å². The van der Waals surface area contributed by atoms with Crippen LogP contribution < -0.4 is 0 Å². The molecule has 0 radical (unpaired) electrons. The summed E-state index contributed by atoms with van der Waals surface area (Å²) in [6, 6.07) is 0. The second-order valence-corrected chi connectivity index (χ2v) is 9.23. The molecule has 0 aliphatic rings. The van der Waals surface area contributed by atoms with E-state index in [0.29, 0.717) is 111 Å². The van der Waals surface area contributed by atoms with Gasteiger partial charge < -0.3 is 47.4 Å². The molecule has 0 aromatic carbocycles. The van der Waals surface area contributed by atoms with Gasteiger partial charge in [0.1, 0.15) is 13.2 Å². The number of unbranched alkanes of at least 4 members (excludes halogenated alkanes) is 1. The average molecular weight is 609 g/mol. The minimum absolute atomic E-state index is 0.00574. The molecule has 248 valence electrons. The van der Waals surface area contributed by atoms with Crippen LogP contribution in [-0.4, -0.2) is 131 Å². The number of hydrogen-bond donors (Lipinski definition) is 0. The lowest BCUT2D eigenvalue weighted by molar-refractivity contribution is -0.150. The largest absolute Gasteiger partial charge is 0.463 e. The third-order valence-electron chi connectivity index (χ3n) is 5.62. The highest BCUT2D eigenvalue weighted by molar-refractivity contribution is 5.86. The van der Waals surface area contributed by atoms with Gasteiger partial charge in [0.15, 0.2) is 0 Å². The van der Waals surface area contributed by atoms with Gasteiger partial charge in [-0.15, -0.1) is 0 Å². The highest BCUT2D eigenvalue weighted by Crippen LogP contribution is 2.14. The van der Waals surface area contributed by atoms with Crippen LogP contribution in [0.15, 0.2) is 12.2 Å². The van der Waals surface area contributed by atoms with Gasteiger partial charge >= 0.3 is 11.9 Å². The predicted molar refractivity (Wildman–Crippen MR) is 157 cm³/mol. The molecule has 0 aromatic rings. The molecule has 42 heavy (non-hydrogen) atoms. The van der Waals surface area contributed by atoms with E-state index in [1.807, 2.05) is 6.92 Å². The summed E-state index contributed by atoms with van der Waals surface area (Å²) in [6.45, 7) is 17.0. The normalized spacial score (nSPS) is 11.9. The number of carbonyl (C=O) groups excluding carboxylic acids is 2. The summed E-state index contributed by atoms with van der Waals surface area (Å²) < 4.78 is 53.6. The Labute approximate surface area is 252 Å². The maximum Gasteiger partial charge on any atom is 0.333 e. The third-order valence-corrected chi connectivity index (χ3v) is 5.62. The Morgan fingerprint density at radius 2 is 0.833 bits per heavy atom. The monoisotopic (exact) mass is 608 g/mol. The van der Waals surface area contributed by atoms with Crippen molar-refractivity contribution in [3.63, 3.8) is 0 Å². The Balaban J connectivity index is 3.19. The van der Waals surface area contributed by atoms with Gasteiger partial charge in [0.05, 0.1) is 112 Å². The lowest BCUT2D eigenvalue weighted by Crippen LogP contribution is -2.20. The molecule has 1 atom stereocenters. The van der Waals surface area contributed by atoms with Crippen LogP contribution in [0.1, 0.15) is 46.5 Å². The van der Waals surface area contributed by atoms with Crippen molar-refractivity contribution < 1.29 is 57.0 Å². The predicted octanol–water partition coefficient (Wildman–Crippen LogP) is 3.00. The summed E-state index contributed by atoms with van der Waals surface area (Å²) >= 11 is 0. The van der Waals surface area contributed by atoms with Crippen LogP contribution in [0.25, 0.3) is 0 Å². The first kappa shape index (κ1) is 40.4. The Morgan fingerprint density at radius 3 is 1.12 bits per heavy atom. The number of esters is 2. The van der Waals surface area contributed by atoms with Gasteiger partial charge in [0.25, 0.3) is 0 Å². The standard InChI is InChI=1S/C30H56O12/c1-5-7-8-28(6-2)30(32)42-26-24-40-22-20-38-18-16-36-14-12-34-10-9-33-11-13-35-15-17-37-19-21-39-23-25-41-29(31)27(3)4/h28H,3,5-26H2,1-2,4H3. The fourth-order valence-electron chi connectivity index (χ4n) is 3.22. The van der Waals surface area contributed by atoms with Gasteiger partial charge in [0, 0.05) is 5.57 Å². The lowest BCUT2D eigenvalue weighted by Gasteiger charge is -2.13. The molecule has 0 rings (SSSR count). The van der Waals surface area contributed by atoms with E-state index in [1.165, 1.54) is 0 Å². The van der Waals surface area contributed by atoms with Crippen LogP contribution in [0.2, 0.25) is 0 Å². The third kappa shape index (κ3) is 28.5. The summed E-state index contributed by atoms with van der Waals surface area (Å²) in [6.07, 6.45) is 3.82. The zero-order valence-corrected chi connectivity index (χ0v) is 26.2. The summed E-state index contributed by atoms with van der Waals surface area (Å²) in [5, 5.41) is 0. The quantitative estimate of drug-likeness (QED) is 0.0618. The fourth-order valence-corrected chi connectivity index (χ4v) is 3.22. The van der Waals surface area contributed by atoms with E-state index in [-0.39, 0.29) is 25.1 Å². The van der Waals surface area contributed by atoms with Crippen molar-refractivity contribution in [3.05, 3.63) is 12.2 Å². The molecule has 0 aliphatic carbocycles. The Hall–Kier alpha value is -1.64. The Kier molecular flexibility index (Phi) is 31.0. The van der Waals surface area contributed by atoms with E-state index >= 15 is 0 Å². The van der Waals surface area contributed by atoms with Crippen LogP contribution >= 0.6 is 0 Å². The first-order chi connectivity index (χ1) is 20.5. The SMILES string of the molecule is C=C(C)C(=O)OCCOCCOCCOCCOCCOCCOCCOCCOCCOC(=O)C(CC)CCCC. The molecule has 0 bridgehead atoms. The van der Waals surface area contributed by atoms with Gasteiger partial charge in [0.2, 0.25) is 0 Å². The Morgan fingerprint density at radius 1 is 0.524 bits per heavy atom. The van der Waals surface area contributed by atoms with Crippen molar-refractivity contribution in [2.24, 2.45) is 5.92 Å². The maximum atomic E-state index is 12.0. The first-order valence-corrected chi connectivity index (χ1v) is 15.1. The second kappa shape index (κ2) is 32.3. The highest BCUT2D eigenvalue weighted by Gasteiger charge is 2.16. The number of ether oxygens (including phenoxy) is 10. The van der Waals surface area contributed by atoms with Crippen molar-refractivity contribution in [3.8, 4) is 0 Å². The summed E-state index contributed by atoms with van der Waals surface area (Å²) in [4.78, 5) is 23.2. The number of rotatable bonds is 33. The van der Waals surface area contributed by atoms with Crippen LogP contribution in [0.5, 0.6) is 0 Å². The zero-order valence-electron chi connectivity index (χ0n) is 26.2. The topological polar surface area (TPSA) is 126 Å². The Bertz CT molecular complexity index is 631. The molecular formula is C30H56O12. The molecule has 0 saturated carbocycles. The molecule has 1 unspecified atom stereocenters. The van der Waals surface area contributed by atoms with E-state index in [2.05, 4.69) is 13.5 Å². The van der Waals surface area contributed by atoms with Crippen molar-refractivity contribution in [1.29, 1.82) is 0 Å². The smallest absolute Gasteiger partial charge is 0.333 e. The van der Waals surface area contributed by atoms with E-state index in [4.69, 9.17) is 47.4 Å². The van der Waals surface area contributed by atoms with E-state index in [1.54, 1.807) is 6.92 Å². The molecule has 0 heterocycles. The first-order valence-electron chi connectivity index (χ1n) is 15.1. The van der Waals surface area contributed by atoms with Crippen LogP contribution in [0.4, 0.5) is 0 Å². The summed E-state index contributed by atoms with van der Waals surface area (Å²) in [5.41, 5.74) is 0.369. The van der Waals surface area contributed by atoms with Gasteiger partial charge in [-0.2, -0.15) is 0 Å². The molecule has 0 fully saturated rings. The highest BCUT2D eigenvalue weighted by atomic mass is 16.6. The molecule has 0 aliphatic heterocycles. The number of carbonyl (C=O) groups is 2. The van der Waals surface area contributed by atoms with E-state index < -0.39 is 5.97 Å². The minimum Gasteiger partial charge on any atom is -0.463 e. The molecule has 0 spiro atoms. The zero-order chi connectivity index (χ0) is 30.9. The van der Waals surface area contributed by atoms with E-state index in [0.717, 1.165) is 25.7 Å². The molecular weight excluding hydrogens is 552 g/mol. The van der Waals surface area contributed by atoms with Gasteiger partial charge in [-0.3, -0.25) is 4.79 Å². The van der Waals surface area contributed by atoms with Gasteiger partial charge in [-0.05, 0) is 19.8 Å². The molecule has 0 aromatic heterocycles. The minimum atomic E-state index is -0.414. The van der Waals surface area contributed by atoms with Crippen molar-refractivity contribution in [2.75, 3.05) is 119 Å². The van der Waals surface area contributed by atoms with Crippen LogP contribution in [0, 0.1) is 5.92 Å². The van der Waals surface area contributed by atoms with Gasteiger partial charge in [-0.25, -0.2) is 4.79 Å². The summed E-state index contributed by atoms with van der Waals surface area (Å²) in [7, 11) is 0. The maximum absolute atomic E-state index is 12.0.